The van der Waals surface area contributed by atoms with Gasteiger partial charge in [-0.1, -0.05) is 45.9 Å². The number of carboxylic acid groups (broad SMARTS) is 1. The van der Waals surface area contributed by atoms with Gasteiger partial charge in [-0.2, -0.15) is 0 Å². The molecule has 1 saturated heterocycles. The summed E-state index contributed by atoms with van der Waals surface area (Å²) in [5.41, 5.74) is 2.52. The van der Waals surface area contributed by atoms with Crippen molar-refractivity contribution in [3.8, 4) is 5.75 Å². The van der Waals surface area contributed by atoms with Crippen LogP contribution in [0.5, 0.6) is 5.75 Å². The average Bonchev–Trinajstić information content (AvgIpc) is 3.87. The first-order chi connectivity index (χ1) is 21.1. The van der Waals surface area contributed by atoms with Gasteiger partial charge >= 0.3 is 5.97 Å². The van der Waals surface area contributed by atoms with Crippen LogP contribution in [0.1, 0.15) is 87.3 Å². The van der Waals surface area contributed by atoms with Crippen LogP contribution in [-0.2, 0) is 11.2 Å². The van der Waals surface area contributed by atoms with Crippen LogP contribution in [0.25, 0.3) is 0 Å². The fourth-order valence-corrected chi connectivity index (χ4v) is 6.09. The molecule has 0 bridgehead atoms. The van der Waals surface area contributed by atoms with Crippen molar-refractivity contribution in [3.63, 3.8) is 0 Å². The van der Waals surface area contributed by atoms with Gasteiger partial charge < -0.3 is 14.7 Å². The maximum atomic E-state index is 14.2. The lowest BCUT2D eigenvalue weighted by molar-refractivity contribution is -0.137. The normalized spacial score (nSPS) is 16.4. The van der Waals surface area contributed by atoms with Crippen molar-refractivity contribution in [3.05, 3.63) is 77.6 Å². The third-order valence-electron chi connectivity index (χ3n) is 8.60. The highest BCUT2D eigenvalue weighted by Gasteiger charge is 2.34. The molecule has 2 aliphatic rings. The van der Waals surface area contributed by atoms with Gasteiger partial charge in [-0.3, -0.25) is 14.5 Å². The zero-order valence-electron chi connectivity index (χ0n) is 26.5. The quantitative estimate of drug-likeness (QED) is 0.240. The van der Waals surface area contributed by atoms with Gasteiger partial charge in [0.05, 0.1) is 18.6 Å². The van der Waals surface area contributed by atoms with E-state index in [9.17, 15) is 14.7 Å². The summed E-state index contributed by atoms with van der Waals surface area (Å²) >= 11 is 0. The highest BCUT2D eigenvalue weighted by Crippen LogP contribution is 2.45. The Kier molecular flexibility index (Phi) is 9.87. The van der Waals surface area contributed by atoms with Crippen molar-refractivity contribution in [2.24, 2.45) is 17.3 Å². The second kappa shape index (κ2) is 13.8. The van der Waals surface area contributed by atoms with E-state index in [2.05, 4.69) is 37.6 Å². The predicted octanol–water partition coefficient (Wildman–Crippen LogP) is 7.00. The molecular formula is C36H46N4O4. The number of carbonyl (C=O) groups excluding carboxylic acids is 1. The summed E-state index contributed by atoms with van der Waals surface area (Å²) in [4.78, 5) is 39.1. The van der Waals surface area contributed by atoms with Gasteiger partial charge in [0.1, 0.15) is 17.4 Å². The van der Waals surface area contributed by atoms with Gasteiger partial charge in [-0.05, 0) is 97.2 Å². The Morgan fingerprint density at radius 3 is 2.45 bits per heavy atom. The van der Waals surface area contributed by atoms with E-state index in [0.717, 1.165) is 68.0 Å². The highest BCUT2D eigenvalue weighted by molar-refractivity contribution is 6.08. The number of rotatable bonds is 12. The average molecular weight is 599 g/mol. The number of pyridine rings is 2. The summed E-state index contributed by atoms with van der Waals surface area (Å²) in [5.74, 6) is 2.27. The Labute approximate surface area is 261 Å². The first-order valence-electron chi connectivity index (χ1n) is 16.0. The summed E-state index contributed by atoms with van der Waals surface area (Å²) in [6.45, 7) is 11.2. The van der Waals surface area contributed by atoms with Crippen LogP contribution in [0.4, 0.5) is 11.6 Å². The van der Waals surface area contributed by atoms with Crippen molar-refractivity contribution in [2.45, 2.75) is 72.1 Å². The second-order valence-corrected chi connectivity index (χ2v) is 13.5. The van der Waals surface area contributed by atoms with E-state index in [1.165, 1.54) is 0 Å². The lowest BCUT2D eigenvalue weighted by Crippen LogP contribution is -2.41. The van der Waals surface area contributed by atoms with E-state index in [-0.39, 0.29) is 23.7 Å². The zero-order chi connectivity index (χ0) is 31.3. The number of hydrogen-bond acceptors (Lipinski definition) is 6. The maximum absolute atomic E-state index is 14.2. The molecule has 3 aromatic rings. The van der Waals surface area contributed by atoms with E-state index >= 15 is 0 Å². The predicted molar refractivity (Wildman–Crippen MR) is 174 cm³/mol. The van der Waals surface area contributed by atoms with Crippen LogP contribution in [0.2, 0.25) is 0 Å². The number of anilines is 2. The fourth-order valence-electron chi connectivity index (χ4n) is 6.09. The van der Waals surface area contributed by atoms with Gasteiger partial charge in [0, 0.05) is 31.5 Å². The molecule has 0 spiro atoms. The molecule has 1 aliphatic carbocycles. The van der Waals surface area contributed by atoms with Crippen LogP contribution >= 0.6 is 0 Å². The summed E-state index contributed by atoms with van der Waals surface area (Å²) in [7, 11) is 0. The van der Waals surface area contributed by atoms with Crippen molar-refractivity contribution in [1.82, 2.24) is 9.97 Å². The number of piperidine rings is 1. The molecule has 1 aromatic carbocycles. The van der Waals surface area contributed by atoms with E-state index in [1.54, 1.807) is 11.1 Å². The molecule has 0 radical (unpaired) electrons. The minimum absolute atomic E-state index is 0.0552. The standard InChI is InChI=1S/C36H46N4O4/c1-5-28-14-15-30(35(43)40(24-36(2,3)4)32-11-6-7-18-37-32)34(38-28)39-19-16-25(17-20-39)23-44-29-10-8-9-27(21-29)31(22-33(41)42)26-12-13-26/h6-11,14-15,18,21,25-26,31H,5,12-13,16-17,19-20,22-24H2,1-4H3,(H,41,42). The highest BCUT2D eigenvalue weighted by atomic mass is 16.5. The van der Waals surface area contributed by atoms with Gasteiger partial charge in [0.15, 0.2) is 0 Å². The molecule has 1 saturated carbocycles. The van der Waals surface area contributed by atoms with Crippen molar-refractivity contribution in [1.29, 1.82) is 0 Å². The van der Waals surface area contributed by atoms with Crippen molar-refractivity contribution in [2.75, 3.05) is 36.0 Å². The van der Waals surface area contributed by atoms with Crippen LogP contribution in [0.3, 0.4) is 0 Å². The minimum atomic E-state index is -0.748. The molecular weight excluding hydrogens is 552 g/mol. The molecule has 44 heavy (non-hydrogen) atoms. The monoisotopic (exact) mass is 598 g/mol. The molecule has 2 fully saturated rings. The minimum Gasteiger partial charge on any atom is -0.493 e. The Morgan fingerprint density at radius 2 is 1.82 bits per heavy atom. The first kappa shape index (κ1) is 31.5. The molecule has 3 heterocycles. The Bertz CT molecular complexity index is 1430. The number of aliphatic carboxylic acids is 1. The largest absolute Gasteiger partial charge is 0.493 e. The van der Waals surface area contributed by atoms with Gasteiger partial charge in [0.25, 0.3) is 5.91 Å². The molecule has 8 heteroatoms. The fraction of sp³-hybridized carbons (Fsp3) is 0.500. The van der Waals surface area contributed by atoms with Gasteiger partial charge in [-0.25, -0.2) is 9.97 Å². The van der Waals surface area contributed by atoms with Crippen LogP contribution in [0.15, 0.2) is 60.8 Å². The summed E-state index contributed by atoms with van der Waals surface area (Å²) in [5, 5.41) is 9.41. The third kappa shape index (κ3) is 8.16. The molecule has 1 unspecified atom stereocenters. The number of nitrogens with zero attached hydrogens (tertiary/aromatic N) is 4. The number of aromatic nitrogens is 2. The lowest BCUT2D eigenvalue weighted by Gasteiger charge is -2.35. The van der Waals surface area contributed by atoms with Crippen LogP contribution in [-0.4, -0.2) is 53.2 Å². The number of carbonyl (C=O) groups is 2. The summed E-state index contributed by atoms with van der Waals surface area (Å²) in [6, 6.07) is 17.6. The van der Waals surface area contributed by atoms with Crippen molar-refractivity contribution < 1.29 is 19.4 Å². The van der Waals surface area contributed by atoms with E-state index in [4.69, 9.17) is 9.72 Å². The number of amides is 1. The smallest absolute Gasteiger partial charge is 0.303 e. The molecule has 1 amide bonds. The van der Waals surface area contributed by atoms with E-state index < -0.39 is 5.97 Å². The molecule has 2 aromatic heterocycles. The van der Waals surface area contributed by atoms with Crippen LogP contribution in [0, 0.1) is 17.3 Å². The van der Waals surface area contributed by atoms with Crippen LogP contribution < -0.4 is 14.5 Å². The van der Waals surface area contributed by atoms with Gasteiger partial charge in [0.2, 0.25) is 0 Å². The molecule has 234 valence electrons. The zero-order valence-corrected chi connectivity index (χ0v) is 26.5. The number of hydrogen-bond donors (Lipinski definition) is 1. The number of benzene rings is 1. The summed E-state index contributed by atoms with van der Waals surface area (Å²) in [6.07, 6.45) is 6.75. The molecule has 8 nitrogen and oxygen atoms in total. The molecule has 1 atom stereocenters. The Hall–Kier alpha value is -3.94. The SMILES string of the molecule is CCc1ccc(C(=O)N(CC(C)(C)C)c2ccccn2)c(N2CCC(COc3cccc(C(CC(=O)O)C4CC4)c3)CC2)n1. The van der Waals surface area contributed by atoms with Gasteiger partial charge in [-0.15, -0.1) is 0 Å². The van der Waals surface area contributed by atoms with Crippen molar-refractivity contribution >= 4 is 23.5 Å². The van der Waals surface area contributed by atoms with E-state index in [1.807, 2.05) is 54.6 Å². The molecule has 1 aliphatic heterocycles. The topological polar surface area (TPSA) is 95.9 Å². The number of carboxylic acids is 1. The van der Waals surface area contributed by atoms with E-state index in [0.29, 0.717) is 36.4 Å². The number of ether oxygens (including phenoxy) is 1. The molecule has 1 N–H and O–H groups in total. The Balaban J connectivity index is 1.26. The third-order valence-corrected chi connectivity index (χ3v) is 8.60. The number of aryl methyl sites for hydroxylation is 1. The summed E-state index contributed by atoms with van der Waals surface area (Å²) < 4.78 is 6.26. The molecule has 5 rings (SSSR count). The second-order valence-electron chi connectivity index (χ2n) is 13.5. The first-order valence-corrected chi connectivity index (χ1v) is 16.0. The maximum Gasteiger partial charge on any atom is 0.303 e. The Morgan fingerprint density at radius 1 is 1.05 bits per heavy atom. The lowest BCUT2D eigenvalue weighted by atomic mass is 9.91.